The lowest BCUT2D eigenvalue weighted by Crippen LogP contribution is -2.36. The summed E-state index contributed by atoms with van der Waals surface area (Å²) >= 11 is 0. The third-order valence-electron chi connectivity index (χ3n) is 4.53. The van der Waals surface area contributed by atoms with E-state index in [1.165, 1.54) is 12.8 Å². The van der Waals surface area contributed by atoms with Crippen LogP contribution in [0.5, 0.6) is 0 Å². The first-order valence-corrected chi connectivity index (χ1v) is 7.01. The number of hydrogen-bond donors (Lipinski definition) is 2. The molecule has 102 valence electrons. The molecule has 18 heavy (non-hydrogen) atoms. The number of hydrogen-bond acceptors (Lipinski definition) is 2. The van der Waals surface area contributed by atoms with E-state index in [-0.39, 0.29) is 17.7 Å². The largest absolute Gasteiger partial charge is 0.481 e. The normalized spacial score (nSPS) is 29.6. The minimum absolute atomic E-state index is 0.0604. The molecule has 1 amide bonds. The number of carbonyl (C=O) groups excluding carboxylic acids is 1. The highest BCUT2D eigenvalue weighted by molar-refractivity contribution is 5.80. The van der Waals surface area contributed by atoms with Crippen LogP contribution in [0.15, 0.2) is 0 Å². The van der Waals surface area contributed by atoms with Gasteiger partial charge in [0.05, 0.1) is 5.92 Å². The molecule has 2 N–H and O–H groups in total. The smallest absolute Gasteiger partial charge is 0.306 e. The summed E-state index contributed by atoms with van der Waals surface area (Å²) in [5.74, 6) is -1.11. The zero-order valence-electron chi connectivity index (χ0n) is 11.1. The van der Waals surface area contributed by atoms with Crippen LogP contribution in [-0.4, -0.2) is 23.5 Å². The van der Waals surface area contributed by atoms with E-state index < -0.39 is 5.97 Å². The summed E-state index contributed by atoms with van der Waals surface area (Å²) in [6.45, 7) is 2.99. The molecule has 0 aromatic heterocycles. The molecule has 2 rings (SSSR count). The van der Waals surface area contributed by atoms with E-state index in [0.717, 1.165) is 32.2 Å². The Balaban J connectivity index is 1.72. The molecule has 0 aliphatic heterocycles. The van der Waals surface area contributed by atoms with Crippen molar-refractivity contribution in [1.82, 2.24) is 5.32 Å². The van der Waals surface area contributed by atoms with Crippen LogP contribution in [0.3, 0.4) is 0 Å². The van der Waals surface area contributed by atoms with E-state index in [0.29, 0.717) is 11.8 Å². The molecule has 4 heteroatoms. The van der Waals surface area contributed by atoms with Gasteiger partial charge in [-0.3, -0.25) is 9.59 Å². The summed E-state index contributed by atoms with van der Waals surface area (Å²) in [5.41, 5.74) is 0.462. The van der Waals surface area contributed by atoms with Crippen LogP contribution in [0, 0.1) is 17.3 Å². The summed E-state index contributed by atoms with van der Waals surface area (Å²) in [4.78, 5) is 22.9. The van der Waals surface area contributed by atoms with Gasteiger partial charge >= 0.3 is 5.97 Å². The first-order valence-electron chi connectivity index (χ1n) is 7.01. The number of nitrogens with one attached hydrogen (secondary N) is 1. The lowest BCUT2D eigenvalue weighted by atomic mass is 9.81. The van der Waals surface area contributed by atoms with Gasteiger partial charge in [-0.15, -0.1) is 0 Å². The standard InChI is InChI=1S/C14H23NO3/c1-14(5-6-14)7-8-15-12(16)10-3-2-4-11(9-10)13(17)18/h10-11H,2-9H2,1H3,(H,15,16)(H,17,18). The van der Waals surface area contributed by atoms with Gasteiger partial charge in [0.2, 0.25) is 5.91 Å². The second-order valence-electron chi connectivity index (χ2n) is 6.25. The Bertz CT molecular complexity index is 336. The maximum absolute atomic E-state index is 12.0. The first-order chi connectivity index (χ1) is 8.50. The van der Waals surface area contributed by atoms with Gasteiger partial charge in [-0.2, -0.15) is 0 Å². The monoisotopic (exact) mass is 253 g/mol. The maximum Gasteiger partial charge on any atom is 0.306 e. The molecule has 0 aromatic rings. The molecule has 4 nitrogen and oxygen atoms in total. The van der Waals surface area contributed by atoms with Crippen LogP contribution in [0.25, 0.3) is 0 Å². The van der Waals surface area contributed by atoms with Crippen molar-refractivity contribution in [1.29, 1.82) is 0 Å². The molecule has 2 fully saturated rings. The Morgan fingerprint density at radius 2 is 1.94 bits per heavy atom. The van der Waals surface area contributed by atoms with E-state index in [9.17, 15) is 9.59 Å². The molecule has 0 saturated heterocycles. The summed E-state index contributed by atoms with van der Waals surface area (Å²) in [6.07, 6.45) is 6.52. The molecular formula is C14H23NO3. The second kappa shape index (κ2) is 5.29. The number of carboxylic acids is 1. The Labute approximate surface area is 108 Å². The van der Waals surface area contributed by atoms with Gasteiger partial charge < -0.3 is 10.4 Å². The van der Waals surface area contributed by atoms with Gasteiger partial charge in [0.25, 0.3) is 0 Å². The van der Waals surface area contributed by atoms with Crippen molar-refractivity contribution in [2.45, 2.75) is 51.9 Å². The van der Waals surface area contributed by atoms with Gasteiger partial charge in [-0.25, -0.2) is 0 Å². The van der Waals surface area contributed by atoms with Crippen molar-refractivity contribution in [3.8, 4) is 0 Å². The molecule has 2 aliphatic rings. The molecule has 0 radical (unpaired) electrons. The highest BCUT2D eigenvalue weighted by Crippen LogP contribution is 2.47. The van der Waals surface area contributed by atoms with Crippen LogP contribution < -0.4 is 5.32 Å². The fourth-order valence-corrected chi connectivity index (χ4v) is 2.75. The predicted octanol–water partition coefficient (Wildman–Crippen LogP) is 2.18. The molecule has 2 saturated carbocycles. The molecule has 0 aromatic carbocycles. The average molecular weight is 253 g/mol. The van der Waals surface area contributed by atoms with Gasteiger partial charge in [-0.1, -0.05) is 13.3 Å². The van der Waals surface area contributed by atoms with E-state index >= 15 is 0 Å². The second-order valence-corrected chi connectivity index (χ2v) is 6.25. The summed E-state index contributed by atoms with van der Waals surface area (Å²) in [7, 11) is 0. The van der Waals surface area contributed by atoms with Crippen molar-refractivity contribution in [2.24, 2.45) is 17.3 Å². The fraction of sp³-hybridized carbons (Fsp3) is 0.857. The van der Waals surface area contributed by atoms with Crippen molar-refractivity contribution in [3.05, 3.63) is 0 Å². The Morgan fingerprint density at radius 3 is 2.56 bits per heavy atom. The van der Waals surface area contributed by atoms with Crippen LogP contribution in [-0.2, 0) is 9.59 Å². The molecule has 0 heterocycles. The van der Waals surface area contributed by atoms with Gasteiger partial charge in [0.15, 0.2) is 0 Å². The number of aliphatic carboxylic acids is 1. The van der Waals surface area contributed by atoms with E-state index in [4.69, 9.17) is 5.11 Å². The highest BCUT2D eigenvalue weighted by atomic mass is 16.4. The average Bonchev–Trinajstić information content (AvgIpc) is 3.07. The Kier molecular flexibility index (Phi) is 3.93. The number of amides is 1. The third-order valence-corrected chi connectivity index (χ3v) is 4.53. The van der Waals surface area contributed by atoms with Gasteiger partial charge in [-0.05, 0) is 43.9 Å². The van der Waals surface area contributed by atoms with Crippen molar-refractivity contribution in [2.75, 3.05) is 6.54 Å². The van der Waals surface area contributed by atoms with Crippen LogP contribution >= 0.6 is 0 Å². The molecule has 2 aliphatic carbocycles. The van der Waals surface area contributed by atoms with Crippen LogP contribution in [0.2, 0.25) is 0 Å². The van der Waals surface area contributed by atoms with Gasteiger partial charge in [0, 0.05) is 12.5 Å². The maximum atomic E-state index is 12.0. The van der Waals surface area contributed by atoms with Crippen molar-refractivity contribution >= 4 is 11.9 Å². The lowest BCUT2D eigenvalue weighted by molar-refractivity contribution is -0.144. The SMILES string of the molecule is CC1(CCNC(=O)C2CCCC(C(=O)O)C2)CC1. The summed E-state index contributed by atoms with van der Waals surface area (Å²) < 4.78 is 0. The van der Waals surface area contributed by atoms with Crippen molar-refractivity contribution < 1.29 is 14.7 Å². The zero-order valence-corrected chi connectivity index (χ0v) is 11.1. The van der Waals surface area contributed by atoms with Crippen LogP contribution in [0.1, 0.15) is 51.9 Å². The molecule has 0 bridgehead atoms. The summed E-state index contributed by atoms with van der Waals surface area (Å²) in [5, 5.41) is 12.0. The first kappa shape index (κ1) is 13.4. The molecule has 2 atom stereocenters. The summed E-state index contributed by atoms with van der Waals surface area (Å²) in [6, 6.07) is 0. The Morgan fingerprint density at radius 1 is 1.28 bits per heavy atom. The zero-order chi connectivity index (χ0) is 13.2. The number of rotatable bonds is 5. The Hall–Kier alpha value is -1.06. The van der Waals surface area contributed by atoms with Crippen LogP contribution in [0.4, 0.5) is 0 Å². The van der Waals surface area contributed by atoms with E-state index in [1.54, 1.807) is 0 Å². The molecule has 0 spiro atoms. The quantitative estimate of drug-likeness (QED) is 0.789. The van der Waals surface area contributed by atoms with Gasteiger partial charge in [0.1, 0.15) is 0 Å². The topological polar surface area (TPSA) is 66.4 Å². The van der Waals surface area contributed by atoms with Crippen molar-refractivity contribution in [3.63, 3.8) is 0 Å². The minimum atomic E-state index is -0.752. The molecular weight excluding hydrogens is 230 g/mol. The minimum Gasteiger partial charge on any atom is -0.481 e. The fourth-order valence-electron chi connectivity index (χ4n) is 2.75. The van der Waals surface area contributed by atoms with E-state index in [1.807, 2.05) is 0 Å². The molecule has 2 unspecified atom stereocenters. The van der Waals surface area contributed by atoms with E-state index in [2.05, 4.69) is 12.2 Å². The number of carboxylic acid groups (broad SMARTS) is 1. The number of carbonyl (C=O) groups is 2. The third kappa shape index (κ3) is 3.47. The lowest BCUT2D eigenvalue weighted by Gasteiger charge is -2.25. The highest BCUT2D eigenvalue weighted by Gasteiger charge is 2.37. The predicted molar refractivity (Wildman–Crippen MR) is 68.1 cm³/mol.